The van der Waals surface area contributed by atoms with Crippen molar-refractivity contribution in [2.75, 3.05) is 13.1 Å². The van der Waals surface area contributed by atoms with Crippen molar-refractivity contribution >= 4 is 12.1 Å². The molecular weight excluding hydrogens is 342 g/mol. The summed E-state index contributed by atoms with van der Waals surface area (Å²) in [6.45, 7) is 6.53. The monoisotopic (exact) mass is 373 g/mol. The molecule has 1 saturated heterocycles. The molecule has 27 heavy (non-hydrogen) atoms. The molecule has 2 aliphatic rings. The van der Waals surface area contributed by atoms with Crippen molar-refractivity contribution in [3.8, 4) is 0 Å². The van der Waals surface area contributed by atoms with Gasteiger partial charge in [0.2, 0.25) is 0 Å². The summed E-state index contributed by atoms with van der Waals surface area (Å²) < 4.78 is 11.3. The van der Waals surface area contributed by atoms with Gasteiger partial charge in [-0.3, -0.25) is 4.79 Å². The maximum absolute atomic E-state index is 13.0. The molecule has 2 fully saturated rings. The summed E-state index contributed by atoms with van der Waals surface area (Å²) >= 11 is 0. The Morgan fingerprint density at radius 2 is 1.74 bits per heavy atom. The highest BCUT2D eigenvalue weighted by atomic mass is 16.6. The molecule has 5 nitrogen and oxygen atoms in total. The molecule has 0 spiro atoms. The fourth-order valence-electron chi connectivity index (χ4n) is 4.11. The topological polar surface area (TPSA) is 55.8 Å². The van der Waals surface area contributed by atoms with Crippen molar-refractivity contribution in [3.05, 3.63) is 35.9 Å². The van der Waals surface area contributed by atoms with Crippen molar-refractivity contribution in [2.24, 2.45) is 5.92 Å². The number of ether oxygens (including phenoxy) is 2. The average Bonchev–Trinajstić information content (AvgIpc) is 3.27. The summed E-state index contributed by atoms with van der Waals surface area (Å²) in [4.78, 5) is 26.9. The van der Waals surface area contributed by atoms with E-state index >= 15 is 0 Å². The Hall–Kier alpha value is -2.04. The van der Waals surface area contributed by atoms with Crippen LogP contribution in [0, 0.1) is 5.92 Å². The highest BCUT2D eigenvalue weighted by molar-refractivity contribution is 5.79. The lowest BCUT2D eigenvalue weighted by molar-refractivity contribution is -0.151. The maximum atomic E-state index is 13.0. The van der Waals surface area contributed by atoms with E-state index < -0.39 is 5.60 Å². The predicted molar refractivity (Wildman–Crippen MR) is 103 cm³/mol. The zero-order chi connectivity index (χ0) is 19.4. The summed E-state index contributed by atoms with van der Waals surface area (Å²) in [7, 11) is 0. The minimum atomic E-state index is -0.521. The molecular formula is C22H31NO4. The highest BCUT2D eigenvalue weighted by Gasteiger charge is 2.37. The SMILES string of the molecule is CC(C)(C)OC(=O)N1CCC(OC(=O)C(c2ccccc2)C2CCCC2)C1. The van der Waals surface area contributed by atoms with Crippen molar-refractivity contribution in [1.29, 1.82) is 0 Å². The van der Waals surface area contributed by atoms with E-state index in [0.717, 1.165) is 18.4 Å². The van der Waals surface area contributed by atoms with Crippen LogP contribution in [0.5, 0.6) is 0 Å². The molecule has 0 bridgehead atoms. The van der Waals surface area contributed by atoms with Gasteiger partial charge in [-0.15, -0.1) is 0 Å². The lowest BCUT2D eigenvalue weighted by Gasteiger charge is -2.25. The molecule has 1 aliphatic heterocycles. The first-order chi connectivity index (χ1) is 12.8. The molecule has 1 aromatic rings. The molecule has 1 aromatic carbocycles. The number of rotatable bonds is 4. The van der Waals surface area contributed by atoms with Gasteiger partial charge in [-0.1, -0.05) is 43.2 Å². The largest absolute Gasteiger partial charge is 0.460 e. The van der Waals surface area contributed by atoms with E-state index in [9.17, 15) is 9.59 Å². The molecule has 1 saturated carbocycles. The number of amides is 1. The number of hydrogen-bond donors (Lipinski definition) is 0. The van der Waals surface area contributed by atoms with Crippen molar-refractivity contribution < 1.29 is 19.1 Å². The smallest absolute Gasteiger partial charge is 0.410 e. The van der Waals surface area contributed by atoms with E-state index in [4.69, 9.17) is 9.47 Å². The molecule has 1 heterocycles. The Balaban J connectivity index is 1.62. The molecule has 0 radical (unpaired) electrons. The Morgan fingerprint density at radius 1 is 1.07 bits per heavy atom. The predicted octanol–water partition coefficient (Wildman–Crippen LogP) is 4.51. The first-order valence-electron chi connectivity index (χ1n) is 10.1. The fraction of sp³-hybridized carbons (Fsp3) is 0.636. The van der Waals surface area contributed by atoms with Gasteiger partial charge in [-0.2, -0.15) is 0 Å². The lowest BCUT2D eigenvalue weighted by Crippen LogP contribution is -2.36. The quantitative estimate of drug-likeness (QED) is 0.729. The van der Waals surface area contributed by atoms with Gasteiger partial charge in [0, 0.05) is 13.0 Å². The van der Waals surface area contributed by atoms with Gasteiger partial charge in [0.25, 0.3) is 0 Å². The Bertz CT molecular complexity index is 646. The number of carbonyl (C=O) groups is 2. The third kappa shape index (κ3) is 5.24. The minimum Gasteiger partial charge on any atom is -0.460 e. The summed E-state index contributed by atoms with van der Waals surface area (Å²) in [5.74, 6) is -0.00308. The zero-order valence-electron chi connectivity index (χ0n) is 16.6. The molecule has 5 heteroatoms. The third-order valence-corrected chi connectivity index (χ3v) is 5.36. The van der Waals surface area contributed by atoms with Crippen LogP contribution in [0.15, 0.2) is 30.3 Å². The molecule has 1 amide bonds. The first-order valence-corrected chi connectivity index (χ1v) is 10.1. The van der Waals surface area contributed by atoms with Crippen LogP contribution in [0.25, 0.3) is 0 Å². The second-order valence-electron chi connectivity index (χ2n) is 8.71. The van der Waals surface area contributed by atoms with E-state index in [2.05, 4.69) is 0 Å². The van der Waals surface area contributed by atoms with Crippen LogP contribution in [0.2, 0.25) is 0 Å². The molecule has 148 valence electrons. The number of esters is 1. The minimum absolute atomic E-state index is 0.149. The van der Waals surface area contributed by atoms with Crippen LogP contribution < -0.4 is 0 Å². The van der Waals surface area contributed by atoms with Crippen molar-refractivity contribution in [3.63, 3.8) is 0 Å². The summed E-state index contributed by atoms with van der Waals surface area (Å²) in [6.07, 6.45) is 4.58. The van der Waals surface area contributed by atoms with Gasteiger partial charge in [0.1, 0.15) is 11.7 Å². The van der Waals surface area contributed by atoms with Crippen molar-refractivity contribution in [2.45, 2.75) is 70.5 Å². The fourth-order valence-corrected chi connectivity index (χ4v) is 4.11. The summed E-state index contributed by atoms with van der Waals surface area (Å²) in [5, 5.41) is 0. The molecule has 2 unspecified atom stereocenters. The zero-order valence-corrected chi connectivity index (χ0v) is 16.6. The van der Waals surface area contributed by atoms with Crippen LogP contribution in [-0.4, -0.2) is 41.8 Å². The van der Waals surface area contributed by atoms with E-state index in [1.165, 1.54) is 12.8 Å². The normalized spacial score (nSPS) is 21.9. The summed E-state index contributed by atoms with van der Waals surface area (Å²) in [6, 6.07) is 9.96. The number of nitrogens with zero attached hydrogens (tertiary/aromatic N) is 1. The van der Waals surface area contributed by atoms with Crippen LogP contribution in [0.4, 0.5) is 4.79 Å². The highest BCUT2D eigenvalue weighted by Crippen LogP contribution is 2.38. The van der Waals surface area contributed by atoms with Crippen LogP contribution in [0.3, 0.4) is 0 Å². The molecule has 0 N–H and O–H groups in total. The molecule has 1 aliphatic carbocycles. The van der Waals surface area contributed by atoms with Gasteiger partial charge >= 0.3 is 12.1 Å². The second kappa shape index (κ2) is 8.32. The Labute approximate surface area is 162 Å². The standard InChI is InChI=1S/C22H31NO4/c1-22(2,3)27-21(25)23-14-13-18(15-23)26-20(24)19(17-11-7-8-12-17)16-9-5-4-6-10-16/h4-6,9-10,17-19H,7-8,11-15H2,1-3H3. The third-order valence-electron chi connectivity index (χ3n) is 5.36. The number of hydrogen-bond acceptors (Lipinski definition) is 4. The van der Waals surface area contributed by atoms with Crippen LogP contribution >= 0.6 is 0 Å². The van der Waals surface area contributed by atoms with Gasteiger partial charge < -0.3 is 14.4 Å². The number of likely N-dealkylation sites (tertiary alicyclic amines) is 1. The Morgan fingerprint density at radius 3 is 2.37 bits per heavy atom. The van der Waals surface area contributed by atoms with Gasteiger partial charge in [-0.05, 0) is 45.1 Å². The van der Waals surface area contributed by atoms with Crippen molar-refractivity contribution in [1.82, 2.24) is 4.90 Å². The van der Waals surface area contributed by atoms with E-state index in [0.29, 0.717) is 25.4 Å². The molecule has 0 aromatic heterocycles. The maximum Gasteiger partial charge on any atom is 0.410 e. The van der Waals surface area contributed by atoms with E-state index in [1.807, 2.05) is 51.1 Å². The van der Waals surface area contributed by atoms with E-state index in [-0.39, 0.29) is 24.1 Å². The van der Waals surface area contributed by atoms with Gasteiger partial charge in [0.05, 0.1) is 12.5 Å². The summed E-state index contributed by atoms with van der Waals surface area (Å²) in [5.41, 5.74) is 0.517. The molecule has 2 atom stereocenters. The number of benzene rings is 1. The Kier molecular flexibility index (Phi) is 6.08. The van der Waals surface area contributed by atoms with Gasteiger partial charge in [0.15, 0.2) is 0 Å². The van der Waals surface area contributed by atoms with Crippen LogP contribution in [-0.2, 0) is 14.3 Å². The first kappa shape index (κ1) is 19.7. The molecule has 3 rings (SSSR count). The van der Waals surface area contributed by atoms with E-state index in [1.54, 1.807) is 4.90 Å². The second-order valence-corrected chi connectivity index (χ2v) is 8.71. The van der Waals surface area contributed by atoms with Crippen LogP contribution in [0.1, 0.15) is 64.4 Å². The lowest BCUT2D eigenvalue weighted by atomic mass is 9.85. The average molecular weight is 373 g/mol. The van der Waals surface area contributed by atoms with Gasteiger partial charge in [-0.25, -0.2) is 4.79 Å². The number of carbonyl (C=O) groups excluding carboxylic acids is 2.